The third-order valence-electron chi connectivity index (χ3n) is 4.28. The van der Waals surface area contributed by atoms with Crippen molar-refractivity contribution in [1.82, 2.24) is 0 Å². The maximum atomic E-state index is 12.4. The average molecular weight is 339 g/mol. The highest BCUT2D eigenvalue weighted by Gasteiger charge is 2.32. The van der Waals surface area contributed by atoms with Gasteiger partial charge in [0.05, 0.1) is 11.9 Å². The molecule has 1 fully saturated rings. The molecule has 128 valence electrons. The summed E-state index contributed by atoms with van der Waals surface area (Å²) in [5.41, 5.74) is 3.66. The molecule has 23 heavy (non-hydrogen) atoms. The lowest BCUT2D eigenvalue weighted by molar-refractivity contribution is -0.115. The molecule has 0 aliphatic carbocycles. The molecule has 0 aromatic heterocycles. The summed E-state index contributed by atoms with van der Waals surface area (Å²) in [6.45, 7) is 7.84. The standard InChI is InChI=1S/C17H25NO4S/c1-11-8-12(2)16(13(3)9-11)18-17(19)14(4)23(20,21)10-15-6-5-7-22-15/h8-9,14-15H,5-7,10H2,1-4H3,(H,18,19)/t14-,15-/m0/s1. The highest BCUT2D eigenvalue weighted by Crippen LogP contribution is 2.23. The quantitative estimate of drug-likeness (QED) is 0.895. The molecular weight excluding hydrogens is 314 g/mol. The van der Waals surface area contributed by atoms with Crippen molar-refractivity contribution < 1.29 is 17.9 Å². The van der Waals surface area contributed by atoms with Gasteiger partial charge in [0.2, 0.25) is 5.91 Å². The predicted molar refractivity (Wildman–Crippen MR) is 91.5 cm³/mol. The first-order valence-corrected chi connectivity index (χ1v) is 9.64. The van der Waals surface area contributed by atoms with Gasteiger partial charge in [0.15, 0.2) is 9.84 Å². The van der Waals surface area contributed by atoms with Crippen LogP contribution in [0.3, 0.4) is 0 Å². The summed E-state index contributed by atoms with van der Waals surface area (Å²) < 4.78 is 30.2. The number of rotatable bonds is 5. The van der Waals surface area contributed by atoms with E-state index in [9.17, 15) is 13.2 Å². The maximum absolute atomic E-state index is 12.4. The first kappa shape index (κ1) is 17.9. The second kappa shape index (κ2) is 7.01. The van der Waals surface area contributed by atoms with Crippen molar-refractivity contribution in [1.29, 1.82) is 0 Å². The number of aryl methyl sites for hydroxylation is 3. The Morgan fingerprint density at radius 2 is 1.91 bits per heavy atom. The Labute approximate surface area is 138 Å². The molecule has 0 radical (unpaired) electrons. The number of carbonyl (C=O) groups excluding carboxylic acids is 1. The van der Waals surface area contributed by atoms with Gasteiger partial charge < -0.3 is 10.1 Å². The van der Waals surface area contributed by atoms with Gasteiger partial charge in [0.25, 0.3) is 0 Å². The predicted octanol–water partition coefficient (Wildman–Crippen LogP) is 2.53. The van der Waals surface area contributed by atoms with Crippen LogP contribution in [-0.4, -0.2) is 38.0 Å². The molecule has 1 heterocycles. The van der Waals surface area contributed by atoms with Crippen LogP contribution in [0.2, 0.25) is 0 Å². The summed E-state index contributed by atoms with van der Waals surface area (Å²) in [6, 6.07) is 3.93. The lowest BCUT2D eigenvalue weighted by Gasteiger charge is -2.18. The molecule has 1 aliphatic rings. The van der Waals surface area contributed by atoms with Crippen molar-refractivity contribution in [3.8, 4) is 0 Å². The minimum atomic E-state index is -3.53. The molecule has 1 N–H and O–H groups in total. The van der Waals surface area contributed by atoms with Crippen LogP contribution in [0.5, 0.6) is 0 Å². The van der Waals surface area contributed by atoms with E-state index in [1.54, 1.807) is 0 Å². The van der Waals surface area contributed by atoms with Gasteiger partial charge in [0.1, 0.15) is 5.25 Å². The third kappa shape index (κ3) is 4.32. The Bertz CT molecular complexity index is 668. The Kier molecular flexibility index (Phi) is 5.47. The first-order valence-electron chi connectivity index (χ1n) is 7.92. The molecular formula is C17H25NO4S. The summed E-state index contributed by atoms with van der Waals surface area (Å²) in [4.78, 5) is 12.4. The number of hydrogen-bond donors (Lipinski definition) is 1. The number of nitrogens with one attached hydrogen (secondary N) is 1. The fraction of sp³-hybridized carbons (Fsp3) is 0.588. The number of carbonyl (C=O) groups is 1. The van der Waals surface area contributed by atoms with E-state index in [1.807, 2.05) is 32.9 Å². The second-order valence-electron chi connectivity index (χ2n) is 6.37. The molecule has 0 unspecified atom stereocenters. The van der Waals surface area contributed by atoms with Gasteiger partial charge in [-0.3, -0.25) is 4.79 Å². The van der Waals surface area contributed by atoms with Gasteiger partial charge in [-0.1, -0.05) is 17.7 Å². The van der Waals surface area contributed by atoms with Crippen LogP contribution in [0, 0.1) is 20.8 Å². The monoisotopic (exact) mass is 339 g/mol. The number of benzene rings is 1. The molecule has 0 bridgehead atoms. The Hall–Kier alpha value is -1.40. The molecule has 0 saturated carbocycles. The third-order valence-corrected chi connectivity index (χ3v) is 6.40. The molecule has 1 aromatic carbocycles. The van der Waals surface area contributed by atoms with E-state index in [-0.39, 0.29) is 11.9 Å². The van der Waals surface area contributed by atoms with Crippen LogP contribution < -0.4 is 5.32 Å². The summed E-state index contributed by atoms with van der Waals surface area (Å²) in [7, 11) is -3.53. The molecule has 1 aliphatic heterocycles. The number of sulfone groups is 1. The zero-order chi connectivity index (χ0) is 17.2. The van der Waals surface area contributed by atoms with Crippen molar-refractivity contribution in [2.45, 2.75) is 51.9 Å². The number of ether oxygens (including phenoxy) is 1. The van der Waals surface area contributed by atoms with Gasteiger partial charge in [-0.15, -0.1) is 0 Å². The second-order valence-corrected chi connectivity index (χ2v) is 8.74. The maximum Gasteiger partial charge on any atom is 0.242 e. The minimum absolute atomic E-state index is 0.0898. The molecule has 1 saturated heterocycles. The van der Waals surface area contributed by atoms with Crippen LogP contribution in [-0.2, 0) is 19.4 Å². The first-order chi connectivity index (χ1) is 10.7. The van der Waals surface area contributed by atoms with Gasteiger partial charge in [0, 0.05) is 12.3 Å². The van der Waals surface area contributed by atoms with Crippen LogP contribution in [0.4, 0.5) is 5.69 Å². The topological polar surface area (TPSA) is 72.5 Å². The number of hydrogen-bond acceptors (Lipinski definition) is 4. The highest BCUT2D eigenvalue weighted by atomic mass is 32.2. The van der Waals surface area contributed by atoms with E-state index in [2.05, 4.69) is 5.32 Å². The lowest BCUT2D eigenvalue weighted by Crippen LogP contribution is -2.37. The van der Waals surface area contributed by atoms with E-state index in [0.717, 1.165) is 29.5 Å². The Morgan fingerprint density at radius 3 is 2.43 bits per heavy atom. The summed E-state index contributed by atoms with van der Waals surface area (Å²) in [5.74, 6) is -0.578. The van der Waals surface area contributed by atoms with Crippen LogP contribution >= 0.6 is 0 Å². The normalized spacial score (nSPS) is 19.6. The smallest absolute Gasteiger partial charge is 0.242 e. The molecule has 1 aromatic rings. The fourth-order valence-corrected chi connectivity index (χ4v) is 4.40. The largest absolute Gasteiger partial charge is 0.377 e. The van der Waals surface area contributed by atoms with E-state index in [1.165, 1.54) is 6.92 Å². The van der Waals surface area contributed by atoms with E-state index < -0.39 is 21.0 Å². The SMILES string of the molecule is Cc1cc(C)c(NC(=O)[C@H](C)S(=O)(=O)C[C@@H]2CCCO2)c(C)c1. The summed E-state index contributed by atoms with van der Waals surface area (Å²) in [6.07, 6.45) is 1.34. The van der Waals surface area contributed by atoms with Crippen molar-refractivity contribution in [3.63, 3.8) is 0 Å². The number of anilines is 1. The summed E-state index contributed by atoms with van der Waals surface area (Å²) in [5, 5.41) is 1.69. The van der Waals surface area contributed by atoms with Crippen LogP contribution in [0.1, 0.15) is 36.5 Å². The van der Waals surface area contributed by atoms with Crippen molar-refractivity contribution in [2.75, 3.05) is 17.7 Å². The molecule has 6 heteroatoms. The van der Waals surface area contributed by atoms with Gasteiger partial charge >= 0.3 is 0 Å². The van der Waals surface area contributed by atoms with Crippen molar-refractivity contribution in [3.05, 3.63) is 28.8 Å². The highest BCUT2D eigenvalue weighted by molar-refractivity contribution is 7.92. The molecule has 0 spiro atoms. The van der Waals surface area contributed by atoms with E-state index >= 15 is 0 Å². The molecule has 1 amide bonds. The molecule has 2 rings (SSSR count). The van der Waals surface area contributed by atoms with Gasteiger partial charge in [-0.25, -0.2) is 8.42 Å². The fourth-order valence-electron chi connectivity index (χ4n) is 2.94. The Balaban J connectivity index is 2.10. The van der Waals surface area contributed by atoms with Gasteiger partial charge in [-0.05, 0) is 51.7 Å². The molecule has 2 atom stereocenters. The van der Waals surface area contributed by atoms with Crippen LogP contribution in [0.15, 0.2) is 12.1 Å². The van der Waals surface area contributed by atoms with E-state index in [4.69, 9.17) is 4.74 Å². The van der Waals surface area contributed by atoms with Crippen LogP contribution in [0.25, 0.3) is 0 Å². The zero-order valence-electron chi connectivity index (χ0n) is 14.2. The number of amides is 1. The van der Waals surface area contributed by atoms with Gasteiger partial charge in [-0.2, -0.15) is 0 Å². The van der Waals surface area contributed by atoms with E-state index in [0.29, 0.717) is 12.3 Å². The molecule has 5 nitrogen and oxygen atoms in total. The zero-order valence-corrected chi connectivity index (χ0v) is 15.0. The van der Waals surface area contributed by atoms with Crippen molar-refractivity contribution in [2.24, 2.45) is 0 Å². The van der Waals surface area contributed by atoms with Crippen molar-refractivity contribution >= 4 is 21.4 Å². The lowest BCUT2D eigenvalue weighted by atomic mass is 10.1. The minimum Gasteiger partial charge on any atom is -0.377 e. The Morgan fingerprint density at radius 1 is 1.30 bits per heavy atom. The summed E-state index contributed by atoms with van der Waals surface area (Å²) >= 11 is 0. The average Bonchev–Trinajstić information content (AvgIpc) is 2.93.